The normalized spacial score (nSPS) is 12.4. The molecule has 1 aromatic carbocycles. The molecule has 1 aromatic rings. The van der Waals surface area contributed by atoms with Gasteiger partial charge in [0.25, 0.3) is 0 Å². The Morgan fingerprint density at radius 3 is 2.62 bits per heavy atom. The van der Waals surface area contributed by atoms with E-state index in [-0.39, 0.29) is 6.10 Å². The summed E-state index contributed by atoms with van der Waals surface area (Å²) in [7, 11) is 1.56. The molecule has 0 heterocycles. The van der Waals surface area contributed by atoms with E-state index in [9.17, 15) is 4.79 Å². The van der Waals surface area contributed by atoms with Crippen LogP contribution in [-0.2, 0) is 16.0 Å². The fraction of sp³-hybridized carbons (Fsp3) is 0.364. The van der Waals surface area contributed by atoms with Gasteiger partial charge in [0.15, 0.2) is 0 Å². The summed E-state index contributed by atoms with van der Waals surface area (Å²) >= 11 is 0. The van der Waals surface area contributed by atoms with Crippen molar-refractivity contribution in [2.75, 3.05) is 7.11 Å². The number of aldehydes is 1. The Morgan fingerprint density at radius 2 is 2.08 bits per heavy atom. The van der Waals surface area contributed by atoms with Gasteiger partial charge >= 0.3 is 0 Å². The van der Waals surface area contributed by atoms with Crippen LogP contribution < -0.4 is 0 Å². The zero-order valence-corrected chi connectivity index (χ0v) is 7.77. The van der Waals surface area contributed by atoms with E-state index in [0.29, 0.717) is 0 Å². The molecule has 0 aromatic heterocycles. The van der Waals surface area contributed by atoms with Gasteiger partial charge in [-0.15, -0.1) is 0 Å². The Kier molecular flexibility index (Phi) is 4.19. The van der Waals surface area contributed by atoms with E-state index in [1.807, 2.05) is 18.2 Å². The first-order chi connectivity index (χ1) is 6.36. The summed E-state index contributed by atoms with van der Waals surface area (Å²) in [5.74, 6) is 0. The lowest BCUT2D eigenvalue weighted by molar-refractivity contribution is -0.116. The van der Waals surface area contributed by atoms with Crippen LogP contribution in [0.2, 0.25) is 0 Å². The molecule has 2 nitrogen and oxygen atoms in total. The molecular formula is C11H14O2. The van der Waals surface area contributed by atoms with E-state index in [1.165, 1.54) is 5.56 Å². The minimum atomic E-state index is -0.264. The number of methoxy groups -OCH3 is 1. The third-order valence-electron chi connectivity index (χ3n) is 2.01. The topological polar surface area (TPSA) is 26.3 Å². The number of carbonyl (C=O) groups is 1. The first kappa shape index (κ1) is 9.93. The first-order valence-corrected chi connectivity index (χ1v) is 4.39. The molecule has 0 spiro atoms. The van der Waals surface area contributed by atoms with E-state index in [2.05, 4.69) is 12.1 Å². The molecule has 0 saturated carbocycles. The van der Waals surface area contributed by atoms with Crippen LogP contribution in [0.5, 0.6) is 0 Å². The Balaban J connectivity index is 2.38. The molecule has 0 aliphatic carbocycles. The molecular weight excluding hydrogens is 164 g/mol. The molecule has 13 heavy (non-hydrogen) atoms. The largest absolute Gasteiger partial charge is 0.374 e. The molecule has 0 aliphatic heterocycles. The molecule has 70 valence electrons. The summed E-state index contributed by atoms with van der Waals surface area (Å²) in [6.07, 6.45) is 2.23. The van der Waals surface area contributed by atoms with Crippen molar-refractivity contribution >= 4 is 6.29 Å². The van der Waals surface area contributed by atoms with Gasteiger partial charge in [-0.1, -0.05) is 30.3 Å². The van der Waals surface area contributed by atoms with Crippen molar-refractivity contribution in [1.82, 2.24) is 0 Å². The van der Waals surface area contributed by atoms with Crippen LogP contribution in [0.4, 0.5) is 0 Å². The minimum absolute atomic E-state index is 0.264. The van der Waals surface area contributed by atoms with Gasteiger partial charge in [0.1, 0.15) is 12.4 Å². The molecule has 0 N–H and O–H groups in total. The maximum absolute atomic E-state index is 10.4. The zero-order chi connectivity index (χ0) is 9.52. The van der Waals surface area contributed by atoms with E-state index in [1.54, 1.807) is 7.11 Å². The highest BCUT2D eigenvalue weighted by Crippen LogP contribution is 2.05. The summed E-state index contributed by atoms with van der Waals surface area (Å²) in [6.45, 7) is 0. The second-order valence-corrected chi connectivity index (χ2v) is 2.93. The molecule has 0 aliphatic rings. The van der Waals surface area contributed by atoms with Crippen molar-refractivity contribution in [2.45, 2.75) is 18.9 Å². The number of hydrogen-bond donors (Lipinski definition) is 0. The van der Waals surface area contributed by atoms with Gasteiger partial charge in [0, 0.05) is 7.11 Å². The van der Waals surface area contributed by atoms with Gasteiger partial charge < -0.3 is 9.53 Å². The van der Waals surface area contributed by atoms with Crippen molar-refractivity contribution in [1.29, 1.82) is 0 Å². The van der Waals surface area contributed by atoms with Crippen molar-refractivity contribution in [3.8, 4) is 0 Å². The van der Waals surface area contributed by atoms with Gasteiger partial charge in [-0.3, -0.25) is 0 Å². The van der Waals surface area contributed by atoms with Crippen LogP contribution in [0.1, 0.15) is 12.0 Å². The van der Waals surface area contributed by atoms with Crippen molar-refractivity contribution < 1.29 is 9.53 Å². The van der Waals surface area contributed by atoms with E-state index in [4.69, 9.17) is 4.74 Å². The van der Waals surface area contributed by atoms with Crippen LogP contribution >= 0.6 is 0 Å². The van der Waals surface area contributed by atoms with E-state index >= 15 is 0 Å². The Labute approximate surface area is 78.5 Å². The van der Waals surface area contributed by atoms with Gasteiger partial charge in [0.2, 0.25) is 0 Å². The average Bonchev–Trinajstić information content (AvgIpc) is 2.21. The molecule has 0 saturated heterocycles. The van der Waals surface area contributed by atoms with Crippen molar-refractivity contribution in [3.63, 3.8) is 0 Å². The maximum Gasteiger partial charge on any atom is 0.148 e. The molecule has 0 bridgehead atoms. The highest BCUT2D eigenvalue weighted by Gasteiger charge is 2.04. The van der Waals surface area contributed by atoms with Gasteiger partial charge in [-0.05, 0) is 18.4 Å². The molecule has 1 atom stereocenters. The number of rotatable bonds is 5. The van der Waals surface area contributed by atoms with Crippen molar-refractivity contribution in [3.05, 3.63) is 35.9 Å². The number of aryl methyl sites for hydroxylation is 1. The summed E-state index contributed by atoms with van der Waals surface area (Å²) in [4.78, 5) is 10.4. The van der Waals surface area contributed by atoms with Crippen LogP contribution in [0.3, 0.4) is 0 Å². The summed E-state index contributed by atoms with van der Waals surface area (Å²) in [5.41, 5.74) is 1.24. The minimum Gasteiger partial charge on any atom is -0.374 e. The fourth-order valence-electron chi connectivity index (χ4n) is 1.20. The number of ether oxygens (including phenoxy) is 1. The molecule has 0 fully saturated rings. The van der Waals surface area contributed by atoms with Gasteiger partial charge in [-0.25, -0.2) is 0 Å². The Hall–Kier alpha value is -1.15. The lowest BCUT2D eigenvalue weighted by atomic mass is 10.1. The summed E-state index contributed by atoms with van der Waals surface area (Å²) in [6, 6.07) is 10.1. The lowest BCUT2D eigenvalue weighted by Gasteiger charge is -2.07. The number of carbonyl (C=O) groups excluding carboxylic acids is 1. The fourth-order valence-corrected chi connectivity index (χ4v) is 1.20. The predicted molar refractivity (Wildman–Crippen MR) is 51.6 cm³/mol. The Morgan fingerprint density at radius 1 is 1.38 bits per heavy atom. The SMILES string of the molecule is CO[C@@H](C=O)CCc1ccccc1. The van der Waals surface area contributed by atoms with Gasteiger partial charge in [0.05, 0.1) is 0 Å². The highest BCUT2D eigenvalue weighted by atomic mass is 16.5. The Bertz CT molecular complexity index is 244. The second-order valence-electron chi connectivity index (χ2n) is 2.93. The molecule has 1 rings (SSSR count). The molecule has 0 amide bonds. The van der Waals surface area contributed by atoms with Crippen LogP contribution in [0.15, 0.2) is 30.3 Å². The van der Waals surface area contributed by atoms with Gasteiger partial charge in [-0.2, -0.15) is 0 Å². The zero-order valence-electron chi connectivity index (χ0n) is 7.77. The summed E-state index contributed by atoms with van der Waals surface area (Å²) < 4.78 is 4.95. The lowest BCUT2D eigenvalue weighted by Crippen LogP contribution is -2.12. The van der Waals surface area contributed by atoms with E-state index < -0.39 is 0 Å². The quantitative estimate of drug-likeness (QED) is 0.643. The summed E-state index contributed by atoms with van der Waals surface area (Å²) in [5, 5.41) is 0. The predicted octanol–water partition coefficient (Wildman–Crippen LogP) is 1.83. The maximum atomic E-state index is 10.4. The standard InChI is InChI=1S/C11H14O2/c1-13-11(9-12)8-7-10-5-3-2-4-6-10/h2-6,9,11H,7-8H2,1H3/t11-/m1/s1. The smallest absolute Gasteiger partial charge is 0.148 e. The third-order valence-corrected chi connectivity index (χ3v) is 2.01. The van der Waals surface area contributed by atoms with Crippen LogP contribution in [0, 0.1) is 0 Å². The first-order valence-electron chi connectivity index (χ1n) is 4.39. The second kappa shape index (κ2) is 5.49. The average molecular weight is 178 g/mol. The highest BCUT2D eigenvalue weighted by molar-refractivity contribution is 5.55. The van der Waals surface area contributed by atoms with Crippen molar-refractivity contribution in [2.24, 2.45) is 0 Å². The molecule has 0 unspecified atom stereocenters. The third kappa shape index (κ3) is 3.38. The van der Waals surface area contributed by atoms with Crippen LogP contribution in [0.25, 0.3) is 0 Å². The van der Waals surface area contributed by atoms with Crippen LogP contribution in [-0.4, -0.2) is 19.5 Å². The number of hydrogen-bond acceptors (Lipinski definition) is 2. The molecule has 2 heteroatoms. The molecule has 0 radical (unpaired) electrons. The number of benzene rings is 1. The monoisotopic (exact) mass is 178 g/mol. The van der Waals surface area contributed by atoms with E-state index in [0.717, 1.165) is 19.1 Å².